The van der Waals surface area contributed by atoms with Gasteiger partial charge in [-0.1, -0.05) is 57.9 Å². The van der Waals surface area contributed by atoms with Crippen molar-refractivity contribution in [2.45, 2.75) is 105 Å². The first-order valence-corrected chi connectivity index (χ1v) is 12.8. The predicted molar refractivity (Wildman–Crippen MR) is 125 cm³/mol. The highest BCUT2D eigenvalue weighted by molar-refractivity contribution is 5.31. The van der Waals surface area contributed by atoms with E-state index in [2.05, 4.69) is 53.7 Å². The van der Waals surface area contributed by atoms with Crippen molar-refractivity contribution < 1.29 is 10.2 Å². The van der Waals surface area contributed by atoms with E-state index in [9.17, 15) is 10.2 Å². The fraction of sp³-hybridized carbons (Fsp3) is 0.857. The van der Waals surface area contributed by atoms with Crippen LogP contribution in [0.5, 0.6) is 0 Å². The lowest BCUT2D eigenvalue weighted by atomic mass is 9.48. The van der Waals surface area contributed by atoms with E-state index in [-0.39, 0.29) is 23.5 Å². The van der Waals surface area contributed by atoms with Crippen LogP contribution in [0.2, 0.25) is 0 Å². The van der Waals surface area contributed by atoms with Gasteiger partial charge in [0, 0.05) is 0 Å². The minimum atomic E-state index is -0.253. The van der Waals surface area contributed by atoms with E-state index >= 15 is 0 Å². The second-order valence-electron chi connectivity index (χ2n) is 12.4. The van der Waals surface area contributed by atoms with Crippen LogP contribution in [0.25, 0.3) is 0 Å². The van der Waals surface area contributed by atoms with Crippen molar-refractivity contribution >= 4 is 0 Å². The van der Waals surface area contributed by atoms with E-state index in [0.717, 1.165) is 37.5 Å². The average molecular weight is 415 g/mol. The Bertz CT molecular complexity index is 705. The molecule has 0 heterocycles. The van der Waals surface area contributed by atoms with E-state index in [1.54, 1.807) is 11.1 Å². The summed E-state index contributed by atoms with van der Waals surface area (Å²) in [5, 5.41) is 21.4. The number of aliphatic hydroxyl groups is 2. The van der Waals surface area contributed by atoms with Crippen LogP contribution < -0.4 is 0 Å². The summed E-state index contributed by atoms with van der Waals surface area (Å²) in [6, 6.07) is 0. The number of hydrogen-bond acceptors (Lipinski definition) is 2. The lowest BCUT2D eigenvalue weighted by Gasteiger charge is -2.58. The molecule has 9 atom stereocenters. The molecule has 2 nitrogen and oxygen atoms in total. The Balaban J connectivity index is 1.59. The number of rotatable bonds is 4. The van der Waals surface area contributed by atoms with Crippen LogP contribution >= 0.6 is 0 Å². The molecule has 0 aromatic rings. The summed E-state index contributed by atoms with van der Waals surface area (Å²) < 4.78 is 0. The number of fused-ring (bicyclic) bond motifs is 5. The summed E-state index contributed by atoms with van der Waals surface area (Å²) in [5.74, 6) is 3.66. The van der Waals surface area contributed by atoms with Gasteiger partial charge < -0.3 is 10.2 Å². The molecule has 0 spiro atoms. The van der Waals surface area contributed by atoms with Crippen molar-refractivity contribution in [1.29, 1.82) is 0 Å². The third-order valence-corrected chi connectivity index (χ3v) is 10.5. The Morgan fingerprint density at radius 1 is 1.10 bits per heavy atom. The molecule has 170 valence electrons. The first-order chi connectivity index (χ1) is 14.1. The van der Waals surface area contributed by atoms with E-state index in [1.165, 1.54) is 25.7 Å². The largest absolute Gasteiger partial charge is 0.393 e. The zero-order chi connectivity index (χ0) is 21.8. The average Bonchev–Trinajstić information content (AvgIpc) is 3.04. The lowest BCUT2D eigenvalue weighted by molar-refractivity contribution is -0.0807. The topological polar surface area (TPSA) is 40.5 Å². The molecule has 2 N–H and O–H groups in total. The maximum Gasteiger partial charge on any atom is 0.0583 e. The molecular weight excluding hydrogens is 368 g/mol. The normalized spacial score (nSPS) is 47.4. The Hall–Kier alpha value is -0.600. The first kappa shape index (κ1) is 22.6. The van der Waals surface area contributed by atoms with Crippen LogP contribution in [0, 0.1) is 46.3 Å². The third kappa shape index (κ3) is 3.54. The van der Waals surface area contributed by atoms with Crippen LogP contribution in [0.4, 0.5) is 0 Å². The Morgan fingerprint density at radius 3 is 2.53 bits per heavy atom. The van der Waals surface area contributed by atoms with Gasteiger partial charge >= 0.3 is 0 Å². The number of aliphatic hydroxyl groups excluding tert-OH is 2. The Kier molecular flexibility index (Phi) is 6.08. The summed E-state index contributed by atoms with van der Waals surface area (Å²) in [4.78, 5) is 0. The van der Waals surface area contributed by atoms with Crippen LogP contribution in [-0.2, 0) is 0 Å². The van der Waals surface area contributed by atoms with Gasteiger partial charge in [0.25, 0.3) is 0 Å². The molecule has 3 fully saturated rings. The highest BCUT2D eigenvalue weighted by atomic mass is 16.3. The highest BCUT2D eigenvalue weighted by Crippen LogP contribution is 2.66. The zero-order valence-electron chi connectivity index (χ0n) is 20.3. The van der Waals surface area contributed by atoms with Crippen LogP contribution in [0.15, 0.2) is 23.3 Å². The number of hydrogen-bond donors (Lipinski definition) is 2. The number of allylic oxidation sites excluding steroid dienone is 4. The molecular formula is C28H46O2. The molecule has 0 aromatic carbocycles. The van der Waals surface area contributed by atoms with Crippen molar-refractivity contribution in [3.63, 3.8) is 0 Å². The van der Waals surface area contributed by atoms with Crippen LogP contribution in [0.3, 0.4) is 0 Å². The van der Waals surface area contributed by atoms with Crippen molar-refractivity contribution in [2.75, 3.05) is 0 Å². The molecule has 0 bridgehead atoms. The van der Waals surface area contributed by atoms with E-state index in [4.69, 9.17) is 0 Å². The highest BCUT2D eigenvalue weighted by Gasteiger charge is 2.59. The van der Waals surface area contributed by atoms with Crippen molar-refractivity contribution in [3.05, 3.63) is 23.3 Å². The standard InChI is InChI=1S/C28H46O2/c1-17(2)18(3)7-8-19(4)22-9-10-23-21-16-26(30)25-15-20(29)11-13-28(25,6)24(21)12-14-27(22,23)5/h8,12,17-18,20-23,25-26,29-30H,7,9-11,13-16H2,1-6H3/b19-8+/t18-,20+,21+,22-,23+,25-,26+,27-,28-/m1/s1. The van der Waals surface area contributed by atoms with Gasteiger partial charge in [-0.3, -0.25) is 0 Å². The molecule has 0 amide bonds. The van der Waals surface area contributed by atoms with Gasteiger partial charge in [-0.2, -0.15) is 0 Å². The molecule has 4 rings (SSSR count). The molecule has 0 aromatic heterocycles. The molecule has 0 unspecified atom stereocenters. The molecule has 30 heavy (non-hydrogen) atoms. The summed E-state index contributed by atoms with van der Waals surface area (Å²) in [7, 11) is 0. The maximum atomic E-state index is 11.2. The van der Waals surface area contributed by atoms with Gasteiger partial charge in [-0.25, -0.2) is 0 Å². The smallest absolute Gasteiger partial charge is 0.0583 e. The van der Waals surface area contributed by atoms with Crippen molar-refractivity contribution in [1.82, 2.24) is 0 Å². The van der Waals surface area contributed by atoms with Gasteiger partial charge in [-0.05, 0) is 105 Å². The molecule has 0 aliphatic heterocycles. The third-order valence-electron chi connectivity index (χ3n) is 10.5. The molecule has 4 aliphatic carbocycles. The maximum absolute atomic E-state index is 11.2. The van der Waals surface area contributed by atoms with Gasteiger partial charge in [-0.15, -0.1) is 0 Å². The fourth-order valence-corrected chi connectivity index (χ4v) is 8.09. The summed E-state index contributed by atoms with van der Waals surface area (Å²) in [6.45, 7) is 14.4. The molecule has 2 heteroatoms. The summed E-state index contributed by atoms with van der Waals surface area (Å²) in [5.41, 5.74) is 3.71. The van der Waals surface area contributed by atoms with Crippen LogP contribution in [0.1, 0.15) is 92.9 Å². The van der Waals surface area contributed by atoms with Gasteiger partial charge in [0.2, 0.25) is 0 Å². The zero-order valence-corrected chi connectivity index (χ0v) is 20.3. The molecule has 4 aliphatic rings. The first-order valence-electron chi connectivity index (χ1n) is 12.8. The van der Waals surface area contributed by atoms with E-state index < -0.39 is 0 Å². The predicted octanol–water partition coefficient (Wildman–Crippen LogP) is 6.53. The molecule has 0 saturated heterocycles. The minimum absolute atomic E-state index is 0.0958. The fourth-order valence-electron chi connectivity index (χ4n) is 8.09. The lowest BCUT2D eigenvalue weighted by Crippen LogP contribution is -2.53. The second-order valence-corrected chi connectivity index (χ2v) is 12.4. The van der Waals surface area contributed by atoms with Crippen molar-refractivity contribution in [2.24, 2.45) is 46.3 Å². The Morgan fingerprint density at radius 2 is 1.83 bits per heavy atom. The van der Waals surface area contributed by atoms with Gasteiger partial charge in [0.15, 0.2) is 0 Å². The molecule has 0 radical (unpaired) electrons. The quantitative estimate of drug-likeness (QED) is 0.514. The summed E-state index contributed by atoms with van der Waals surface area (Å²) >= 11 is 0. The Labute approximate surface area is 185 Å². The molecule has 3 saturated carbocycles. The SMILES string of the molecule is C/C(=C\C[C@@H](C)C(C)C)[C@H]1CC[C@H]2[C@@H]3C[C@H](O)[C@H]4C[C@@H](O)CC[C@]4(C)C3=CC[C@]12C. The van der Waals surface area contributed by atoms with Crippen molar-refractivity contribution in [3.8, 4) is 0 Å². The van der Waals surface area contributed by atoms with E-state index in [1.807, 2.05) is 0 Å². The summed E-state index contributed by atoms with van der Waals surface area (Å²) in [6.07, 6.45) is 13.3. The van der Waals surface area contributed by atoms with E-state index in [0.29, 0.717) is 23.2 Å². The second kappa shape index (κ2) is 8.07. The van der Waals surface area contributed by atoms with Crippen LogP contribution in [-0.4, -0.2) is 22.4 Å². The minimum Gasteiger partial charge on any atom is -0.393 e. The van der Waals surface area contributed by atoms with Gasteiger partial charge in [0.05, 0.1) is 12.2 Å². The monoisotopic (exact) mass is 414 g/mol. The van der Waals surface area contributed by atoms with Gasteiger partial charge in [0.1, 0.15) is 0 Å².